The molecule has 1 aliphatic heterocycles. The van der Waals surface area contributed by atoms with Gasteiger partial charge in [0.15, 0.2) is 6.10 Å². The van der Waals surface area contributed by atoms with E-state index in [2.05, 4.69) is 6.92 Å². The molecule has 2 aliphatic rings. The Bertz CT molecular complexity index is 361. The van der Waals surface area contributed by atoms with Gasteiger partial charge in [0.05, 0.1) is 12.0 Å². The molecule has 0 amide bonds. The van der Waals surface area contributed by atoms with Gasteiger partial charge >= 0.3 is 11.9 Å². The van der Waals surface area contributed by atoms with E-state index < -0.39 is 24.5 Å². The van der Waals surface area contributed by atoms with E-state index in [4.69, 9.17) is 14.6 Å². The molecule has 2 N–H and O–H groups in total. The number of aliphatic carboxylic acids is 1. The van der Waals surface area contributed by atoms with Crippen LogP contribution in [0, 0.1) is 11.8 Å². The lowest BCUT2D eigenvalue weighted by Crippen LogP contribution is -2.42. The van der Waals surface area contributed by atoms with Gasteiger partial charge in [-0.25, -0.2) is 4.79 Å². The first-order valence-corrected chi connectivity index (χ1v) is 7.22. The van der Waals surface area contributed by atoms with Gasteiger partial charge < -0.3 is 19.7 Å². The quantitative estimate of drug-likeness (QED) is 0.760. The molecular formula is C14H22O6. The van der Waals surface area contributed by atoms with Gasteiger partial charge in [-0.15, -0.1) is 0 Å². The summed E-state index contributed by atoms with van der Waals surface area (Å²) in [6.07, 6.45) is 0.916. The molecule has 3 atom stereocenters. The first-order chi connectivity index (χ1) is 9.45. The van der Waals surface area contributed by atoms with E-state index in [0.29, 0.717) is 5.92 Å². The van der Waals surface area contributed by atoms with E-state index in [-0.39, 0.29) is 24.7 Å². The maximum atomic E-state index is 12.0. The summed E-state index contributed by atoms with van der Waals surface area (Å²) in [5.74, 6) is -0.961. The zero-order valence-corrected chi connectivity index (χ0v) is 11.7. The second-order valence-electron chi connectivity index (χ2n) is 5.91. The van der Waals surface area contributed by atoms with Crippen LogP contribution in [0.5, 0.6) is 0 Å². The molecule has 0 bridgehead atoms. The molecule has 0 aromatic rings. The normalized spacial score (nSPS) is 38.2. The van der Waals surface area contributed by atoms with E-state index in [1.165, 1.54) is 0 Å². The van der Waals surface area contributed by atoms with Gasteiger partial charge in [-0.2, -0.15) is 0 Å². The highest BCUT2D eigenvalue weighted by atomic mass is 16.7. The maximum absolute atomic E-state index is 12.0. The molecule has 6 heteroatoms. The van der Waals surface area contributed by atoms with Crippen LogP contribution in [-0.2, 0) is 19.1 Å². The Morgan fingerprint density at radius 1 is 1.15 bits per heavy atom. The molecule has 0 aromatic carbocycles. The number of esters is 1. The van der Waals surface area contributed by atoms with Crippen molar-refractivity contribution >= 4 is 11.9 Å². The van der Waals surface area contributed by atoms with Crippen molar-refractivity contribution in [2.45, 2.75) is 63.9 Å². The fourth-order valence-electron chi connectivity index (χ4n) is 2.82. The lowest BCUT2D eigenvalue weighted by atomic mass is 9.83. The van der Waals surface area contributed by atoms with E-state index in [9.17, 15) is 14.7 Å². The van der Waals surface area contributed by atoms with Crippen molar-refractivity contribution in [3.63, 3.8) is 0 Å². The predicted octanol–water partition coefficient (Wildman–Crippen LogP) is 1.31. The number of carbonyl (C=O) groups is 2. The van der Waals surface area contributed by atoms with Crippen molar-refractivity contribution in [2.24, 2.45) is 11.8 Å². The molecule has 3 unspecified atom stereocenters. The Morgan fingerprint density at radius 2 is 1.80 bits per heavy atom. The Balaban J connectivity index is 1.85. The summed E-state index contributed by atoms with van der Waals surface area (Å²) in [7, 11) is 0. The van der Waals surface area contributed by atoms with Crippen LogP contribution in [0.2, 0.25) is 0 Å². The molecule has 114 valence electrons. The van der Waals surface area contributed by atoms with E-state index in [0.717, 1.165) is 25.7 Å². The Labute approximate surface area is 118 Å². The first kappa shape index (κ1) is 15.3. The van der Waals surface area contributed by atoms with Crippen molar-refractivity contribution in [2.75, 3.05) is 0 Å². The lowest BCUT2D eigenvalue weighted by Gasteiger charge is -2.32. The van der Waals surface area contributed by atoms with Crippen LogP contribution >= 0.6 is 0 Å². The van der Waals surface area contributed by atoms with Crippen molar-refractivity contribution in [1.82, 2.24) is 0 Å². The topological polar surface area (TPSA) is 93.1 Å². The molecule has 1 saturated heterocycles. The Morgan fingerprint density at radius 3 is 2.40 bits per heavy atom. The number of rotatable bonds is 3. The van der Waals surface area contributed by atoms with E-state index in [1.54, 1.807) is 0 Å². The predicted molar refractivity (Wildman–Crippen MR) is 68.8 cm³/mol. The number of aliphatic hydroxyl groups is 1. The molecule has 6 nitrogen and oxygen atoms in total. The zero-order valence-electron chi connectivity index (χ0n) is 11.7. The summed E-state index contributed by atoms with van der Waals surface area (Å²) >= 11 is 0. The molecule has 2 rings (SSSR count). The molecule has 1 heterocycles. The van der Waals surface area contributed by atoms with Crippen molar-refractivity contribution in [1.29, 1.82) is 0 Å². The summed E-state index contributed by atoms with van der Waals surface area (Å²) in [6.45, 7) is 2.17. The molecule has 1 aliphatic carbocycles. The Hall–Kier alpha value is -1.14. The first-order valence-electron chi connectivity index (χ1n) is 7.22. The monoisotopic (exact) mass is 286 g/mol. The largest absolute Gasteiger partial charge is 0.479 e. The van der Waals surface area contributed by atoms with Crippen LogP contribution in [0.4, 0.5) is 0 Å². The van der Waals surface area contributed by atoms with Crippen LogP contribution in [0.25, 0.3) is 0 Å². The van der Waals surface area contributed by atoms with Crippen LogP contribution in [0.15, 0.2) is 0 Å². The summed E-state index contributed by atoms with van der Waals surface area (Å²) < 4.78 is 10.4. The van der Waals surface area contributed by atoms with Gasteiger partial charge in [0, 0.05) is 12.8 Å². The number of carbonyl (C=O) groups excluding carboxylic acids is 1. The summed E-state index contributed by atoms with van der Waals surface area (Å²) in [5, 5.41) is 18.5. The highest BCUT2D eigenvalue weighted by Gasteiger charge is 2.36. The number of hydrogen-bond acceptors (Lipinski definition) is 5. The summed E-state index contributed by atoms with van der Waals surface area (Å²) in [5.41, 5.74) is 0. The third-order valence-electron chi connectivity index (χ3n) is 4.14. The second kappa shape index (κ2) is 6.54. The highest BCUT2D eigenvalue weighted by molar-refractivity contribution is 5.73. The average Bonchev–Trinajstić information content (AvgIpc) is 2.38. The minimum absolute atomic E-state index is 0.0321. The number of carboxylic acids is 1. The van der Waals surface area contributed by atoms with Crippen molar-refractivity contribution in [3.05, 3.63) is 0 Å². The highest BCUT2D eigenvalue weighted by Crippen LogP contribution is 2.30. The number of aliphatic hydroxyl groups excluding tert-OH is 1. The summed E-state index contributed by atoms with van der Waals surface area (Å²) in [6, 6.07) is 0. The zero-order chi connectivity index (χ0) is 14.7. The van der Waals surface area contributed by atoms with E-state index in [1.807, 2.05) is 0 Å². The minimum Gasteiger partial charge on any atom is -0.479 e. The SMILES string of the molecule is CC1CCC(C(=O)OC2CC(O)CC(C(=O)O)O2)CC1. The second-order valence-corrected chi connectivity index (χ2v) is 5.91. The summed E-state index contributed by atoms with van der Waals surface area (Å²) in [4.78, 5) is 22.9. The number of ether oxygens (including phenoxy) is 2. The molecule has 1 saturated carbocycles. The van der Waals surface area contributed by atoms with Crippen molar-refractivity contribution in [3.8, 4) is 0 Å². The van der Waals surface area contributed by atoms with Gasteiger partial charge in [0.2, 0.25) is 6.29 Å². The van der Waals surface area contributed by atoms with E-state index >= 15 is 0 Å². The molecular weight excluding hydrogens is 264 g/mol. The van der Waals surface area contributed by atoms with Gasteiger partial charge in [0.1, 0.15) is 0 Å². The smallest absolute Gasteiger partial charge is 0.333 e. The van der Waals surface area contributed by atoms with Gasteiger partial charge in [-0.1, -0.05) is 6.92 Å². The average molecular weight is 286 g/mol. The van der Waals surface area contributed by atoms with Crippen LogP contribution in [-0.4, -0.2) is 40.6 Å². The molecule has 0 radical (unpaired) electrons. The third-order valence-corrected chi connectivity index (χ3v) is 4.14. The molecule has 0 aromatic heterocycles. The van der Waals surface area contributed by atoms with Crippen LogP contribution < -0.4 is 0 Å². The van der Waals surface area contributed by atoms with Gasteiger partial charge in [-0.3, -0.25) is 4.79 Å². The molecule has 0 spiro atoms. The van der Waals surface area contributed by atoms with Crippen molar-refractivity contribution < 1.29 is 29.3 Å². The lowest BCUT2D eigenvalue weighted by molar-refractivity contribution is -0.225. The van der Waals surface area contributed by atoms with Gasteiger partial charge in [0.25, 0.3) is 0 Å². The van der Waals surface area contributed by atoms with Gasteiger partial charge in [-0.05, 0) is 31.6 Å². The molecule has 2 fully saturated rings. The van der Waals surface area contributed by atoms with Crippen LogP contribution in [0.1, 0.15) is 45.4 Å². The Kier molecular flexibility index (Phi) is 4.99. The minimum atomic E-state index is -1.14. The number of hydrogen-bond donors (Lipinski definition) is 2. The number of carboxylic acid groups (broad SMARTS) is 1. The fraction of sp³-hybridized carbons (Fsp3) is 0.857. The third kappa shape index (κ3) is 3.93. The molecule has 20 heavy (non-hydrogen) atoms. The maximum Gasteiger partial charge on any atom is 0.333 e. The van der Waals surface area contributed by atoms with Crippen LogP contribution in [0.3, 0.4) is 0 Å². The fourth-order valence-corrected chi connectivity index (χ4v) is 2.82. The standard InChI is InChI=1S/C14H22O6/c1-8-2-4-9(5-3-8)14(18)20-12-7-10(15)6-11(19-12)13(16)17/h8-12,15H,2-7H2,1H3,(H,16,17).